The summed E-state index contributed by atoms with van der Waals surface area (Å²) in [6.45, 7) is 1.78. The second-order valence-corrected chi connectivity index (χ2v) is 8.65. The molecule has 1 saturated heterocycles. The third-order valence-electron chi connectivity index (χ3n) is 4.32. The van der Waals surface area contributed by atoms with E-state index in [1.807, 2.05) is 12.1 Å². The molecule has 2 N–H and O–H groups in total. The second-order valence-electron chi connectivity index (χ2n) is 6.12. The highest BCUT2D eigenvalue weighted by molar-refractivity contribution is 9.10. The van der Waals surface area contributed by atoms with Crippen molar-refractivity contribution in [3.05, 3.63) is 52.5 Å². The van der Waals surface area contributed by atoms with Crippen LogP contribution in [0.2, 0.25) is 0 Å². The van der Waals surface area contributed by atoms with Gasteiger partial charge in [0.25, 0.3) is 10.0 Å². The van der Waals surface area contributed by atoms with Crippen molar-refractivity contribution in [1.82, 2.24) is 0 Å². The predicted molar refractivity (Wildman–Crippen MR) is 104 cm³/mol. The maximum absolute atomic E-state index is 12.8. The summed E-state index contributed by atoms with van der Waals surface area (Å²) in [5, 5.41) is 9.21. The number of benzene rings is 2. The summed E-state index contributed by atoms with van der Waals surface area (Å²) in [6.07, 6.45) is 3.34. The molecule has 6 nitrogen and oxygen atoms in total. The highest BCUT2D eigenvalue weighted by Gasteiger charge is 2.21. The van der Waals surface area contributed by atoms with Crippen molar-refractivity contribution in [3.63, 3.8) is 0 Å². The van der Waals surface area contributed by atoms with E-state index >= 15 is 0 Å². The van der Waals surface area contributed by atoms with Crippen molar-refractivity contribution in [1.29, 1.82) is 0 Å². The Morgan fingerprint density at radius 3 is 2.46 bits per heavy atom. The number of nitrogens with zero attached hydrogens (tertiary/aromatic N) is 1. The topological polar surface area (TPSA) is 86.7 Å². The fourth-order valence-electron chi connectivity index (χ4n) is 3.01. The molecule has 0 amide bonds. The number of hydrogen-bond acceptors (Lipinski definition) is 4. The Bertz CT molecular complexity index is 925. The van der Waals surface area contributed by atoms with Crippen molar-refractivity contribution in [2.24, 2.45) is 0 Å². The minimum Gasteiger partial charge on any atom is -0.478 e. The van der Waals surface area contributed by atoms with Gasteiger partial charge in [-0.3, -0.25) is 4.72 Å². The fraction of sp³-hybridized carbons (Fsp3) is 0.278. The van der Waals surface area contributed by atoms with Crippen LogP contribution in [0.25, 0.3) is 0 Å². The third-order valence-corrected chi connectivity index (χ3v) is 6.38. The molecule has 0 spiro atoms. The Morgan fingerprint density at radius 1 is 1.08 bits per heavy atom. The Balaban J connectivity index is 1.93. The molecule has 1 aliphatic heterocycles. The van der Waals surface area contributed by atoms with E-state index in [4.69, 9.17) is 0 Å². The van der Waals surface area contributed by atoms with Crippen LogP contribution in [0.1, 0.15) is 29.6 Å². The fourth-order valence-corrected chi connectivity index (χ4v) is 4.53. The molecule has 0 unspecified atom stereocenters. The summed E-state index contributed by atoms with van der Waals surface area (Å²) in [6, 6.07) is 11.2. The molecule has 0 aromatic heterocycles. The smallest absolute Gasteiger partial charge is 0.336 e. The number of rotatable bonds is 5. The van der Waals surface area contributed by atoms with Crippen LogP contribution in [0.4, 0.5) is 11.4 Å². The van der Waals surface area contributed by atoms with E-state index in [-0.39, 0.29) is 10.5 Å². The zero-order chi connectivity index (χ0) is 18.7. The zero-order valence-corrected chi connectivity index (χ0v) is 16.4. The molecule has 0 radical (unpaired) electrons. The van der Waals surface area contributed by atoms with Gasteiger partial charge in [-0.05, 0) is 65.5 Å². The van der Waals surface area contributed by atoms with Crippen molar-refractivity contribution < 1.29 is 18.3 Å². The number of carboxylic acids is 1. The quantitative estimate of drug-likeness (QED) is 0.737. The van der Waals surface area contributed by atoms with Gasteiger partial charge in [-0.25, -0.2) is 13.2 Å². The second kappa shape index (κ2) is 7.67. The molecule has 1 heterocycles. The van der Waals surface area contributed by atoms with Crippen LogP contribution in [0, 0.1) is 0 Å². The van der Waals surface area contributed by atoms with E-state index in [9.17, 15) is 18.3 Å². The normalized spacial score (nSPS) is 14.9. The van der Waals surface area contributed by atoms with Crippen molar-refractivity contribution >= 4 is 43.3 Å². The van der Waals surface area contributed by atoms with Crippen LogP contribution in [0.5, 0.6) is 0 Å². The Morgan fingerprint density at radius 2 is 1.77 bits per heavy atom. The molecule has 2 aromatic rings. The summed E-state index contributed by atoms with van der Waals surface area (Å²) in [5.41, 5.74) is 1.23. The Kier molecular flexibility index (Phi) is 5.52. The van der Waals surface area contributed by atoms with E-state index in [1.54, 1.807) is 12.1 Å². The molecule has 1 aliphatic rings. The number of halogens is 1. The molecule has 8 heteroatoms. The van der Waals surface area contributed by atoms with Crippen LogP contribution in [-0.4, -0.2) is 32.6 Å². The van der Waals surface area contributed by atoms with E-state index in [2.05, 4.69) is 25.6 Å². The summed E-state index contributed by atoms with van der Waals surface area (Å²) in [7, 11) is -3.91. The Hall–Kier alpha value is -2.06. The number of hydrogen-bond donors (Lipinski definition) is 2. The van der Waals surface area contributed by atoms with Crippen molar-refractivity contribution in [2.45, 2.75) is 24.2 Å². The van der Waals surface area contributed by atoms with Gasteiger partial charge in [-0.15, -0.1) is 0 Å². The molecule has 2 aromatic carbocycles. The average molecular weight is 439 g/mol. The molecule has 26 heavy (non-hydrogen) atoms. The van der Waals surface area contributed by atoms with Crippen LogP contribution < -0.4 is 9.62 Å². The predicted octanol–water partition coefficient (Wildman–Crippen LogP) is 3.94. The van der Waals surface area contributed by atoms with Gasteiger partial charge in [0.15, 0.2) is 0 Å². The number of carbonyl (C=O) groups is 1. The first kappa shape index (κ1) is 18.7. The largest absolute Gasteiger partial charge is 0.478 e. The van der Waals surface area contributed by atoms with Gasteiger partial charge in [0, 0.05) is 17.6 Å². The lowest BCUT2D eigenvalue weighted by Crippen LogP contribution is -2.30. The van der Waals surface area contributed by atoms with Crippen LogP contribution in [0.15, 0.2) is 51.8 Å². The summed E-state index contributed by atoms with van der Waals surface area (Å²) < 4.78 is 28.5. The molecule has 0 aliphatic carbocycles. The van der Waals surface area contributed by atoms with E-state index in [0.717, 1.165) is 37.7 Å². The maximum Gasteiger partial charge on any atom is 0.336 e. The third kappa shape index (κ3) is 4.02. The minimum absolute atomic E-state index is 0.0912. The monoisotopic (exact) mass is 438 g/mol. The highest BCUT2D eigenvalue weighted by atomic mass is 79.9. The van der Waals surface area contributed by atoms with Crippen LogP contribution in [-0.2, 0) is 10.0 Å². The average Bonchev–Trinajstić information content (AvgIpc) is 2.62. The van der Waals surface area contributed by atoms with Gasteiger partial charge < -0.3 is 10.0 Å². The zero-order valence-electron chi connectivity index (χ0n) is 14.0. The Labute approximate surface area is 161 Å². The highest BCUT2D eigenvalue weighted by Crippen LogP contribution is 2.30. The first-order valence-electron chi connectivity index (χ1n) is 8.28. The van der Waals surface area contributed by atoms with Crippen LogP contribution >= 0.6 is 15.9 Å². The first-order valence-corrected chi connectivity index (χ1v) is 10.6. The van der Waals surface area contributed by atoms with Crippen LogP contribution in [0.3, 0.4) is 0 Å². The molecule has 1 fully saturated rings. The number of para-hydroxylation sites is 2. The molecule has 3 rings (SSSR count). The number of nitrogens with one attached hydrogen (secondary N) is 1. The standard InChI is InChI=1S/C18H19BrN2O4S/c19-15-9-8-13(12-14(15)18(22)23)26(24,25)20-16-6-2-3-7-17(16)21-10-4-1-5-11-21/h2-3,6-9,12,20H,1,4-5,10-11H2,(H,22,23). The molecule has 0 bridgehead atoms. The number of sulfonamides is 1. The van der Waals surface area contributed by atoms with Gasteiger partial charge in [0.2, 0.25) is 0 Å². The minimum atomic E-state index is -3.91. The number of aromatic carboxylic acids is 1. The number of anilines is 2. The molecule has 0 atom stereocenters. The molecular weight excluding hydrogens is 420 g/mol. The van der Waals surface area contributed by atoms with Gasteiger partial charge >= 0.3 is 5.97 Å². The van der Waals surface area contributed by atoms with Crippen molar-refractivity contribution in [2.75, 3.05) is 22.7 Å². The van der Waals surface area contributed by atoms with Gasteiger partial charge in [0.05, 0.1) is 21.8 Å². The SMILES string of the molecule is O=C(O)c1cc(S(=O)(=O)Nc2ccccc2N2CCCCC2)ccc1Br. The number of piperidine rings is 1. The lowest BCUT2D eigenvalue weighted by molar-refractivity contribution is 0.0695. The summed E-state index contributed by atoms with van der Waals surface area (Å²) in [5.74, 6) is -1.19. The molecule has 0 saturated carbocycles. The number of carboxylic acid groups (broad SMARTS) is 1. The van der Waals surface area contributed by atoms with E-state index in [1.165, 1.54) is 18.6 Å². The summed E-state index contributed by atoms with van der Waals surface area (Å²) >= 11 is 3.13. The van der Waals surface area contributed by atoms with Crippen molar-refractivity contribution in [3.8, 4) is 0 Å². The van der Waals surface area contributed by atoms with Gasteiger partial charge in [-0.2, -0.15) is 0 Å². The first-order chi connectivity index (χ1) is 12.4. The lowest BCUT2D eigenvalue weighted by Gasteiger charge is -2.30. The van der Waals surface area contributed by atoms with Gasteiger partial charge in [0.1, 0.15) is 0 Å². The summed E-state index contributed by atoms with van der Waals surface area (Å²) in [4.78, 5) is 13.3. The molecule has 138 valence electrons. The molecular formula is C18H19BrN2O4S. The maximum atomic E-state index is 12.8. The van der Waals surface area contributed by atoms with Gasteiger partial charge in [-0.1, -0.05) is 12.1 Å². The van der Waals surface area contributed by atoms with E-state index in [0.29, 0.717) is 10.2 Å². The van der Waals surface area contributed by atoms with E-state index < -0.39 is 16.0 Å². The lowest BCUT2D eigenvalue weighted by atomic mass is 10.1.